The number of aliphatic carboxylic acids is 1. The number of carboxylic acids is 1. The topological polar surface area (TPSA) is 139 Å². The van der Waals surface area contributed by atoms with E-state index >= 15 is 0 Å². The lowest BCUT2D eigenvalue weighted by Gasteiger charge is -2.32. The number of rotatable bonds is 5. The van der Waals surface area contributed by atoms with Crippen molar-refractivity contribution in [3.8, 4) is 11.5 Å². The Bertz CT molecular complexity index is 1100. The van der Waals surface area contributed by atoms with Crippen molar-refractivity contribution in [2.45, 2.75) is 38.2 Å². The standard InChI is InChI=1S/C19H21F3N4O3.C2HF3O2/c1-11-16(17(28)24-14-6-3-7-26(9-14)10-15(23)27)25-18(29-11)12-4-2-5-13(8-12)19(20,21)22;3-2(4,5)1(6)7/h2,4-5,8,14H,3,6-7,9-10H2,1H3,(H2,23,27)(H,24,28);(H,6,7). The number of hydrogen-bond donors (Lipinski definition) is 3. The molecular formula is C21H22F6N4O5. The third kappa shape index (κ3) is 8.25. The van der Waals surface area contributed by atoms with Gasteiger partial charge in [-0.25, -0.2) is 9.78 Å². The number of likely N-dealkylation sites (tertiary alicyclic amines) is 1. The van der Waals surface area contributed by atoms with Crippen LogP contribution < -0.4 is 11.1 Å². The van der Waals surface area contributed by atoms with Crippen molar-refractivity contribution in [2.24, 2.45) is 5.73 Å². The van der Waals surface area contributed by atoms with Crippen LogP contribution in [-0.2, 0) is 15.8 Å². The number of benzene rings is 1. The third-order valence-electron chi connectivity index (χ3n) is 4.91. The minimum atomic E-state index is -5.08. The molecule has 4 N–H and O–H groups in total. The number of primary amides is 1. The van der Waals surface area contributed by atoms with E-state index in [9.17, 15) is 35.9 Å². The molecule has 2 heterocycles. The number of carboxylic acid groups (broad SMARTS) is 1. The maximum atomic E-state index is 12.9. The Morgan fingerprint density at radius 1 is 1.22 bits per heavy atom. The fourth-order valence-corrected chi connectivity index (χ4v) is 3.35. The van der Waals surface area contributed by atoms with Gasteiger partial charge in [0.05, 0.1) is 12.1 Å². The van der Waals surface area contributed by atoms with Crippen LogP contribution in [0.2, 0.25) is 0 Å². The molecule has 0 spiro atoms. The highest BCUT2D eigenvalue weighted by molar-refractivity contribution is 5.94. The maximum Gasteiger partial charge on any atom is 0.490 e. The number of halogens is 6. The monoisotopic (exact) mass is 524 g/mol. The third-order valence-corrected chi connectivity index (χ3v) is 4.91. The van der Waals surface area contributed by atoms with Gasteiger partial charge in [0.2, 0.25) is 11.8 Å². The molecule has 1 unspecified atom stereocenters. The van der Waals surface area contributed by atoms with Gasteiger partial charge < -0.3 is 20.6 Å². The summed E-state index contributed by atoms with van der Waals surface area (Å²) in [5.41, 5.74) is 4.54. The summed E-state index contributed by atoms with van der Waals surface area (Å²) in [4.78, 5) is 38.6. The molecule has 9 nitrogen and oxygen atoms in total. The van der Waals surface area contributed by atoms with Crippen LogP contribution in [0.25, 0.3) is 11.5 Å². The number of hydrogen-bond acceptors (Lipinski definition) is 6. The minimum Gasteiger partial charge on any atom is -0.475 e. The first kappa shape index (κ1) is 28.6. The van der Waals surface area contributed by atoms with E-state index in [0.717, 1.165) is 31.5 Å². The number of nitrogens with two attached hydrogens (primary N) is 1. The maximum absolute atomic E-state index is 12.9. The molecule has 0 bridgehead atoms. The molecule has 1 saturated heterocycles. The molecule has 3 rings (SSSR count). The molecule has 1 atom stereocenters. The van der Waals surface area contributed by atoms with Crippen molar-refractivity contribution in [3.05, 3.63) is 41.3 Å². The van der Waals surface area contributed by atoms with E-state index in [-0.39, 0.29) is 35.5 Å². The number of carbonyl (C=O) groups is 3. The van der Waals surface area contributed by atoms with Crippen LogP contribution in [0.15, 0.2) is 28.7 Å². The van der Waals surface area contributed by atoms with Gasteiger partial charge in [0, 0.05) is 18.2 Å². The van der Waals surface area contributed by atoms with Gasteiger partial charge in [-0.2, -0.15) is 26.3 Å². The van der Waals surface area contributed by atoms with E-state index in [0.29, 0.717) is 6.54 Å². The summed E-state index contributed by atoms with van der Waals surface area (Å²) in [5.74, 6) is -3.52. The van der Waals surface area contributed by atoms with E-state index in [4.69, 9.17) is 20.1 Å². The smallest absolute Gasteiger partial charge is 0.475 e. The number of nitrogens with one attached hydrogen (secondary N) is 1. The molecular weight excluding hydrogens is 502 g/mol. The zero-order valence-electron chi connectivity index (χ0n) is 18.7. The van der Waals surface area contributed by atoms with E-state index in [1.54, 1.807) is 0 Å². The normalized spacial score (nSPS) is 16.6. The van der Waals surface area contributed by atoms with Gasteiger partial charge in [-0.05, 0) is 44.5 Å². The number of aryl methyl sites for hydroxylation is 1. The Labute approximate surface area is 200 Å². The van der Waals surface area contributed by atoms with Crippen LogP contribution >= 0.6 is 0 Å². The van der Waals surface area contributed by atoms with Crippen LogP contribution in [0.4, 0.5) is 26.3 Å². The largest absolute Gasteiger partial charge is 0.490 e. The van der Waals surface area contributed by atoms with E-state index in [1.807, 2.05) is 4.90 Å². The summed E-state index contributed by atoms with van der Waals surface area (Å²) in [6, 6.07) is 4.38. The van der Waals surface area contributed by atoms with Crippen molar-refractivity contribution in [3.63, 3.8) is 0 Å². The second-order valence-corrected chi connectivity index (χ2v) is 7.82. The van der Waals surface area contributed by atoms with Crippen molar-refractivity contribution in [1.29, 1.82) is 0 Å². The number of alkyl halides is 6. The van der Waals surface area contributed by atoms with Crippen LogP contribution in [0.1, 0.15) is 34.7 Å². The first-order valence-electron chi connectivity index (χ1n) is 10.3. The molecule has 1 aromatic heterocycles. The molecule has 1 aliphatic heterocycles. The Morgan fingerprint density at radius 2 is 1.86 bits per heavy atom. The summed E-state index contributed by atoms with van der Waals surface area (Å²) in [5, 5.41) is 9.97. The SMILES string of the molecule is Cc1oc(-c2cccc(C(F)(F)F)c2)nc1C(=O)NC1CCCN(CC(N)=O)C1.O=C(O)C(F)(F)F. The number of nitrogens with zero attached hydrogens (tertiary/aromatic N) is 2. The summed E-state index contributed by atoms with van der Waals surface area (Å²) < 4.78 is 75.9. The lowest BCUT2D eigenvalue weighted by atomic mass is 10.1. The van der Waals surface area contributed by atoms with E-state index < -0.39 is 35.7 Å². The van der Waals surface area contributed by atoms with Crippen molar-refractivity contribution in [1.82, 2.24) is 15.2 Å². The molecule has 0 radical (unpaired) electrons. The molecule has 15 heteroatoms. The minimum absolute atomic E-state index is 0.0180. The second kappa shape index (κ2) is 11.4. The summed E-state index contributed by atoms with van der Waals surface area (Å²) in [6.07, 6.45) is -8.04. The van der Waals surface area contributed by atoms with Crippen molar-refractivity contribution in [2.75, 3.05) is 19.6 Å². The van der Waals surface area contributed by atoms with E-state index in [1.165, 1.54) is 19.1 Å². The molecule has 1 aliphatic rings. The second-order valence-electron chi connectivity index (χ2n) is 7.82. The summed E-state index contributed by atoms with van der Waals surface area (Å²) in [6.45, 7) is 2.85. The zero-order chi connectivity index (χ0) is 27.3. The lowest BCUT2D eigenvalue weighted by molar-refractivity contribution is -0.192. The van der Waals surface area contributed by atoms with Gasteiger partial charge in [0.1, 0.15) is 5.76 Å². The van der Waals surface area contributed by atoms with Gasteiger partial charge >= 0.3 is 18.3 Å². The number of piperidine rings is 1. The molecule has 2 aromatic rings. The van der Waals surface area contributed by atoms with Crippen molar-refractivity contribution >= 4 is 17.8 Å². The van der Waals surface area contributed by atoms with Gasteiger partial charge in [0.25, 0.3) is 5.91 Å². The average molecular weight is 524 g/mol. The van der Waals surface area contributed by atoms with Gasteiger partial charge in [-0.1, -0.05) is 6.07 Å². The van der Waals surface area contributed by atoms with Crippen LogP contribution in [-0.4, -0.2) is 64.6 Å². The Hall–Kier alpha value is -3.62. The lowest BCUT2D eigenvalue weighted by Crippen LogP contribution is -2.49. The van der Waals surface area contributed by atoms with Crippen molar-refractivity contribution < 1.29 is 50.2 Å². The van der Waals surface area contributed by atoms with Gasteiger partial charge in [0.15, 0.2) is 5.69 Å². The summed E-state index contributed by atoms with van der Waals surface area (Å²) >= 11 is 0. The molecule has 198 valence electrons. The average Bonchev–Trinajstić information content (AvgIpc) is 3.14. The number of aromatic nitrogens is 1. The molecule has 0 saturated carbocycles. The predicted octanol–water partition coefficient (Wildman–Crippen LogP) is 2.98. The molecule has 36 heavy (non-hydrogen) atoms. The molecule has 2 amide bonds. The Balaban J connectivity index is 0.000000572. The zero-order valence-corrected chi connectivity index (χ0v) is 18.7. The fourth-order valence-electron chi connectivity index (χ4n) is 3.35. The van der Waals surface area contributed by atoms with E-state index in [2.05, 4.69) is 10.3 Å². The molecule has 1 fully saturated rings. The quantitative estimate of drug-likeness (QED) is 0.511. The van der Waals surface area contributed by atoms with Gasteiger partial charge in [-0.15, -0.1) is 0 Å². The van der Waals surface area contributed by atoms with Crippen LogP contribution in [0, 0.1) is 6.92 Å². The highest BCUT2D eigenvalue weighted by atomic mass is 19.4. The number of amides is 2. The first-order valence-corrected chi connectivity index (χ1v) is 10.3. The first-order chi connectivity index (χ1) is 16.6. The number of oxazole rings is 1. The fraction of sp³-hybridized carbons (Fsp3) is 0.429. The highest BCUT2D eigenvalue weighted by Crippen LogP contribution is 2.32. The Kier molecular flexibility index (Phi) is 9.07. The Morgan fingerprint density at radius 3 is 2.42 bits per heavy atom. The summed E-state index contributed by atoms with van der Waals surface area (Å²) in [7, 11) is 0. The van der Waals surface area contributed by atoms with Crippen LogP contribution in [0.5, 0.6) is 0 Å². The number of carbonyl (C=O) groups excluding carboxylic acids is 2. The molecule has 0 aliphatic carbocycles. The van der Waals surface area contributed by atoms with Gasteiger partial charge in [-0.3, -0.25) is 14.5 Å². The van der Waals surface area contributed by atoms with Crippen LogP contribution in [0.3, 0.4) is 0 Å². The predicted molar refractivity (Wildman–Crippen MR) is 111 cm³/mol. The highest BCUT2D eigenvalue weighted by Gasteiger charge is 2.38. The molecule has 1 aromatic carbocycles.